The average Bonchev–Trinajstić information content (AvgIpc) is 2.74. The van der Waals surface area contributed by atoms with Crippen LogP contribution in [0.2, 0.25) is 0 Å². The third kappa shape index (κ3) is 2.66. The Kier molecular flexibility index (Phi) is 3.59. The fourth-order valence-electron chi connectivity index (χ4n) is 2.13. The number of esters is 1. The molecule has 1 aromatic heterocycles. The fourth-order valence-corrected chi connectivity index (χ4v) is 2.13. The lowest BCUT2D eigenvalue weighted by Crippen LogP contribution is -2.45. The molecular formula is C13H20N2O3. The number of methoxy groups -OCH3 is 1. The van der Waals surface area contributed by atoms with Crippen molar-refractivity contribution in [2.75, 3.05) is 7.11 Å². The molecule has 0 amide bonds. The van der Waals surface area contributed by atoms with Crippen LogP contribution in [0.3, 0.4) is 0 Å². The summed E-state index contributed by atoms with van der Waals surface area (Å²) < 4.78 is 12.5. The predicted octanol–water partition coefficient (Wildman–Crippen LogP) is 2.33. The lowest BCUT2D eigenvalue weighted by Gasteiger charge is -2.40. The molecule has 18 heavy (non-hydrogen) atoms. The summed E-state index contributed by atoms with van der Waals surface area (Å²) in [6, 6.07) is 0.306. The van der Waals surface area contributed by atoms with Gasteiger partial charge in [-0.2, -0.15) is 5.10 Å². The number of hydrogen-bond donors (Lipinski definition) is 0. The van der Waals surface area contributed by atoms with Crippen LogP contribution in [0.4, 0.5) is 0 Å². The Labute approximate surface area is 107 Å². The van der Waals surface area contributed by atoms with Crippen molar-refractivity contribution in [2.24, 2.45) is 0 Å². The van der Waals surface area contributed by atoms with E-state index in [1.54, 1.807) is 6.20 Å². The van der Waals surface area contributed by atoms with Crippen molar-refractivity contribution in [3.63, 3.8) is 0 Å². The molecule has 1 heterocycles. The number of nitrogens with zero attached hydrogens (tertiary/aromatic N) is 2. The van der Waals surface area contributed by atoms with Gasteiger partial charge in [-0.3, -0.25) is 9.48 Å². The first kappa shape index (κ1) is 12.9. The van der Waals surface area contributed by atoms with Crippen LogP contribution < -0.4 is 4.74 Å². The summed E-state index contributed by atoms with van der Waals surface area (Å²) in [6.07, 6.45) is 6.79. The number of carbonyl (C=O) groups excluding carboxylic acids is 1. The second-order valence-corrected chi connectivity index (χ2v) is 5.14. The predicted molar refractivity (Wildman–Crippen MR) is 66.5 cm³/mol. The highest BCUT2D eigenvalue weighted by molar-refractivity contribution is 5.70. The highest BCUT2D eigenvalue weighted by Gasteiger charge is 2.42. The van der Waals surface area contributed by atoms with E-state index in [4.69, 9.17) is 9.47 Å². The van der Waals surface area contributed by atoms with Gasteiger partial charge in [-0.1, -0.05) is 0 Å². The number of carbonyl (C=O) groups is 1. The van der Waals surface area contributed by atoms with Crippen molar-refractivity contribution in [3.05, 3.63) is 12.4 Å². The summed E-state index contributed by atoms with van der Waals surface area (Å²) in [6.45, 7) is 4.12. The van der Waals surface area contributed by atoms with E-state index in [9.17, 15) is 4.79 Å². The van der Waals surface area contributed by atoms with E-state index in [0.717, 1.165) is 25.0 Å². The Hall–Kier alpha value is -1.52. The highest BCUT2D eigenvalue weighted by atomic mass is 16.5. The minimum absolute atomic E-state index is 0.217. The molecule has 1 aliphatic carbocycles. The third-order valence-corrected chi connectivity index (χ3v) is 3.40. The van der Waals surface area contributed by atoms with Crippen LogP contribution in [0.25, 0.3) is 0 Å². The maximum absolute atomic E-state index is 11.4. The Morgan fingerprint density at radius 1 is 1.56 bits per heavy atom. The van der Waals surface area contributed by atoms with Gasteiger partial charge in [-0.25, -0.2) is 0 Å². The van der Waals surface area contributed by atoms with E-state index >= 15 is 0 Å². The lowest BCUT2D eigenvalue weighted by molar-refractivity contribution is -0.148. The molecule has 0 bridgehead atoms. The smallest absolute Gasteiger partial charge is 0.309 e. The maximum atomic E-state index is 11.4. The standard InChI is InChI=1S/C13H20N2O3/c1-10(2)15-9-11(8-14-15)18-13(5-4-6-13)7-12(16)17-3/h8-10H,4-7H2,1-3H3. The maximum Gasteiger partial charge on any atom is 0.309 e. The summed E-state index contributed by atoms with van der Waals surface area (Å²) in [5.74, 6) is 0.512. The quantitative estimate of drug-likeness (QED) is 0.755. The van der Waals surface area contributed by atoms with Crippen molar-refractivity contribution in [3.8, 4) is 5.75 Å². The zero-order chi connectivity index (χ0) is 13.2. The molecule has 0 N–H and O–H groups in total. The van der Waals surface area contributed by atoms with Gasteiger partial charge in [0.15, 0.2) is 5.75 Å². The van der Waals surface area contributed by atoms with E-state index < -0.39 is 0 Å². The molecule has 0 unspecified atom stereocenters. The molecule has 1 aliphatic rings. The normalized spacial score (nSPS) is 17.3. The number of hydrogen-bond acceptors (Lipinski definition) is 4. The Morgan fingerprint density at radius 3 is 2.72 bits per heavy atom. The summed E-state index contributed by atoms with van der Waals surface area (Å²) in [4.78, 5) is 11.4. The molecule has 2 rings (SSSR count). The first-order valence-electron chi connectivity index (χ1n) is 6.35. The Balaban J connectivity index is 2.03. The fraction of sp³-hybridized carbons (Fsp3) is 0.692. The van der Waals surface area contributed by atoms with E-state index in [1.165, 1.54) is 7.11 Å². The number of rotatable bonds is 5. The summed E-state index contributed by atoms with van der Waals surface area (Å²) in [5.41, 5.74) is -0.377. The molecule has 5 heteroatoms. The minimum atomic E-state index is -0.377. The van der Waals surface area contributed by atoms with E-state index in [2.05, 4.69) is 18.9 Å². The van der Waals surface area contributed by atoms with Gasteiger partial charge in [0, 0.05) is 6.04 Å². The van der Waals surface area contributed by atoms with Crippen molar-refractivity contribution < 1.29 is 14.3 Å². The molecule has 0 spiro atoms. The summed E-state index contributed by atoms with van der Waals surface area (Å²) >= 11 is 0. The van der Waals surface area contributed by atoms with Crippen molar-refractivity contribution >= 4 is 5.97 Å². The van der Waals surface area contributed by atoms with Crippen LogP contribution in [0, 0.1) is 0 Å². The minimum Gasteiger partial charge on any atom is -0.483 e. The molecule has 5 nitrogen and oxygen atoms in total. The number of ether oxygens (including phenoxy) is 2. The number of aromatic nitrogens is 2. The second kappa shape index (κ2) is 5.00. The van der Waals surface area contributed by atoms with Gasteiger partial charge in [0.25, 0.3) is 0 Å². The zero-order valence-electron chi connectivity index (χ0n) is 11.2. The van der Waals surface area contributed by atoms with Gasteiger partial charge >= 0.3 is 5.97 Å². The first-order chi connectivity index (χ1) is 8.54. The van der Waals surface area contributed by atoms with Crippen LogP contribution in [-0.4, -0.2) is 28.5 Å². The van der Waals surface area contributed by atoms with Gasteiger partial charge in [-0.15, -0.1) is 0 Å². The van der Waals surface area contributed by atoms with Crippen LogP contribution in [0.15, 0.2) is 12.4 Å². The van der Waals surface area contributed by atoms with Crippen LogP contribution in [0.1, 0.15) is 45.6 Å². The van der Waals surface area contributed by atoms with Crippen LogP contribution in [-0.2, 0) is 9.53 Å². The molecule has 0 aromatic carbocycles. The molecule has 1 saturated carbocycles. The first-order valence-corrected chi connectivity index (χ1v) is 6.35. The van der Waals surface area contributed by atoms with Gasteiger partial charge in [0.05, 0.1) is 25.9 Å². The molecule has 100 valence electrons. The monoisotopic (exact) mass is 252 g/mol. The highest BCUT2D eigenvalue weighted by Crippen LogP contribution is 2.39. The summed E-state index contributed by atoms with van der Waals surface area (Å²) in [7, 11) is 1.41. The Morgan fingerprint density at radius 2 is 2.28 bits per heavy atom. The SMILES string of the molecule is COC(=O)CC1(Oc2cnn(C(C)C)c2)CCC1. The van der Waals surface area contributed by atoms with Gasteiger partial charge in [0.2, 0.25) is 0 Å². The molecule has 0 radical (unpaired) electrons. The van der Waals surface area contributed by atoms with Crippen LogP contribution in [0.5, 0.6) is 5.75 Å². The van der Waals surface area contributed by atoms with Crippen molar-refractivity contribution in [2.45, 2.75) is 51.2 Å². The summed E-state index contributed by atoms with van der Waals surface area (Å²) in [5, 5.41) is 4.23. The zero-order valence-corrected chi connectivity index (χ0v) is 11.2. The second-order valence-electron chi connectivity index (χ2n) is 5.14. The van der Waals surface area contributed by atoms with Gasteiger partial charge in [0.1, 0.15) is 5.60 Å². The largest absolute Gasteiger partial charge is 0.483 e. The van der Waals surface area contributed by atoms with E-state index in [0.29, 0.717) is 12.5 Å². The Bertz CT molecular complexity index is 422. The van der Waals surface area contributed by atoms with Crippen molar-refractivity contribution in [1.29, 1.82) is 0 Å². The molecule has 0 atom stereocenters. The molecule has 1 aromatic rings. The van der Waals surface area contributed by atoms with Gasteiger partial charge in [-0.05, 0) is 33.1 Å². The molecule has 1 fully saturated rings. The average molecular weight is 252 g/mol. The topological polar surface area (TPSA) is 53.4 Å². The molecular weight excluding hydrogens is 232 g/mol. The molecule has 0 aliphatic heterocycles. The van der Waals surface area contributed by atoms with Gasteiger partial charge < -0.3 is 9.47 Å². The lowest BCUT2D eigenvalue weighted by atomic mass is 9.77. The third-order valence-electron chi connectivity index (χ3n) is 3.40. The van der Waals surface area contributed by atoms with Crippen LogP contribution >= 0.6 is 0 Å². The van der Waals surface area contributed by atoms with E-state index in [-0.39, 0.29) is 11.6 Å². The van der Waals surface area contributed by atoms with E-state index in [1.807, 2.05) is 10.9 Å². The van der Waals surface area contributed by atoms with Crippen molar-refractivity contribution in [1.82, 2.24) is 9.78 Å². The molecule has 0 saturated heterocycles.